The summed E-state index contributed by atoms with van der Waals surface area (Å²) in [5, 5.41) is 2.91. The van der Waals surface area contributed by atoms with Gasteiger partial charge in [0.25, 0.3) is 0 Å². The van der Waals surface area contributed by atoms with Gasteiger partial charge >= 0.3 is 0 Å². The van der Waals surface area contributed by atoms with Crippen molar-refractivity contribution in [2.45, 2.75) is 51.3 Å². The molecule has 0 aromatic heterocycles. The molecular formula is C20H26Cl2O2. The first-order chi connectivity index (χ1) is 11.7. The third-order valence-corrected chi connectivity index (χ3v) is 4.78. The van der Waals surface area contributed by atoms with Gasteiger partial charge in [-0.3, -0.25) is 0 Å². The molecule has 132 valence electrons. The summed E-state index contributed by atoms with van der Waals surface area (Å²) < 4.78 is 11.8. The second kappa shape index (κ2) is 10.0. The lowest BCUT2D eigenvalue weighted by molar-refractivity contribution is 0.305. The van der Waals surface area contributed by atoms with Crippen LogP contribution in [-0.4, -0.2) is 18.6 Å². The van der Waals surface area contributed by atoms with Crippen molar-refractivity contribution in [1.29, 1.82) is 0 Å². The van der Waals surface area contributed by atoms with Crippen molar-refractivity contribution in [1.82, 2.24) is 0 Å². The van der Waals surface area contributed by atoms with E-state index in [9.17, 15) is 0 Å². The molecule has 0 amide bonds. The number of halogens is 2. The molecule has 0 saturated heterocycles. The number of alkyl halides is 1. The molecule has 0 radical (unpaired) electrons. The number of unbranched alkanes of at least 4 members (excludes halogenated alkanes) is 1. The summed E-state index contributed by atoms with van der Waals surface area (Å²) in [4.78, 5) is 0. The SMILES string of the molecule is CCCOc1c(Cl)cc(OCCCCC(Cl)CC)c2ccccc12. The number of rotatable bonds is 10. The molecule has 0 aliphatic heterocycles. The Balaban J connectivity index is 2.08. The van der Waals surface area contributed by atoms with Crippen LogP contribution in [0.5, 0.6) is 11.5 Å². The van der Waals surface area contributed by atoms with Gasteiger partial charge in [0, 0.05) is 22.2 Å². The second-order valence-electron chi connectivity index (χ2n) is 5.93. The fourth-order valence-corrected chi connectivity index (χ4v) is 3.02. The molecule has 0 heterocycles. The highest BCUT2D eigenvalue weighted by Crippen LogP contribution is 2.39. The van der Waals surface area contributed by atoms with E-state index < -0.39 is 0 Å². The van der Waals surface area contributed by atoms with E-state index in [2.05, 4.69) is 13.8 Å². The van der Waals surface area contributed by atoms with E-state index in [1.807, 2.05) is 30.3 Å². The summed E-state index contributed by atoms with van der Waals surface area (Å²) in [6.07, 6.45) is 5.06. The Morgan fingerprint density at radius 1 is 1.00 bits per heavy atom. The average molecular weight is 369 g/mol. The molecule has 4 heteroatoms. The van der Waals surface area contributed by atoms with Gasteiger partial charge in [-0.25, -0.2) is 0 Å². The van der Waals surface area contributed by atoms with Gasteiger partial charge in [0.1, 0.15) is 11.5 Å². The molecule has 2 aromatic rings. The van der Waals surface area contributed by atoms with Crippen LogP contribution in [0.4, 0.5) is 0 Å². The van der Waals surface area contributed by atoms with Crippen molar-refractivity contribution >= 4 is 34.0 Å². The summed E-state index contributed by atoms with van der Waals surface area (Å²) in [6, 6.07) is 9.94. The van der Waals surface area contributed by atoms with Crippen LogP contribution in [0, 0.1) is 0 Å². The first kappa shape index (κ1) is 19.2. The van der Waals surface area contributed by atoms with E-state index in [0.29, 0.717) is 18.2 Å². The van der Waals surface area contributed by atoms with Crippen molar-refractivity contribution in [2.24, 2.45) is 0 Å². The van der Waals surface area contributed by atoms with Crippen LogP contribution in [-0.2, 0) is 0 Å². The van der Waals surface area contributed by atoms with Gasteiger partial charge < -0.3 is 9.47 Å². The van der Waals surface area contributed by atoms with E-state index in [-0.39, 0.29) is 5.38 Å². The first-order valence-corrected chi connectivity index (χ1v) is 9.59. The first-order valence-electron chi connectivity index (χ1n) is 8.78. The van der Waals surface area contributed by atoms with Crippen LogP contribution in [0.3, 0.4) is 0 Å². The fourth-order valence-electron chi connectivity index (χ4n) is 2.61. The summed E-state index contributed by atoms with van der Waals surface area (Å²) in [5.74, 6) is 1.56. The lowest BCUT2D eigenvalue weighted by atomic mass is 10.1. The molecule has 24 heavy (non-hydrogen) atoms. The van der Waals surface area contributed by atoms with Crippen molar-refractivity contribution in [3.8, 4) is 11.5 Å². The minimum Gasteiger partial charge on any atom is -0.493 e. The molecule has 1 unspecified atom stereocenters. The molecule has 0 aliphatic rings. The van der Waals surface area contributed by atoms with Gasteiger partial charge in [0.05, 0.1) is 18.2 Å². The molecule has 0 bridgehead atoms. The van der Waals surface area contributed by atoms with E-state index in [0.717, 1.165) is 54.4 Å². The molecule has 2 nitrogen and oxygen atoms in total. The van der Waals surface area contributed by atoms with E-state index in [1.54, 1.807) is 0 Å². The van der Waals surface area contributed by atoms with E-state index >= 15 is 0 Å². The second-order valence-corrected chi connectivity index (χ2v) is 6.95. The third kappa shape index (κ3) is 5.19. The van der Waals surface area contributed by atoms with Gasteiger partial charge in [0.15, 0.2) is 0 Å². The van der Waals surface area contributed by atoms with E-state index in [4.69, 9.17) is 32.7 Å². The Morgan fingerprint density at radius 3 is 2.46 bits per heavy atom. The Labute approximate surface area is 155 Å². The predicted octanol–water partition coefficient (Wildman–Crippen LogP) is 6.85. The van der Waals surface area contributed by atoms with E-state index in [1.165, 1.54) is 0 Å². The maximum absolute atomic E-state index is 6.42. The van der Waals surface area contributed by atoms with Crippen molar-refractivity contribution in [2.75, 3.05) is 13.2 Å². The molecular weight excluding hydrogens is 343 g/mol. The highest BCUT2D eigenvalue weighted by Gasteiger charge is 2.13. The van der Waals surface area contributed by atoms with Crippen LogP contribution in [0.1, 0.15) is 46.0 Å². The zero-order valence-corrected chi connectivity index (χ0v) is 16.0. The average Bonchev–Trinajstić information content (AvgIpc) is 2.60. The normalized spacial score (nSPS) is 12.3. The number of benzene rings is 2. The number of hydrogen-bond acceptors (Lipinski definition) is 2. The zero-order chi connectivity index (χ0) is 17.4. The van der Waals surface area contributed by atoms with Gasteiger partial charge in [-0.05, 0) is 32.1 Å². The molecule has 1 atom stereocenters. The van der Waals surface area contributed by atoms with Crippen LogP contribution in [0.2, 0.25) is 5.02 Å². The largest absolute Gasteiger partial charge is 0.493 e. The third-order valence-electron chi connectivity index (χ3n) is 3.97. The number of fused-ring (bicyclic) bond motifs is 1. The molecule has 0 aliphatic carbocycles. The quantitative estimate of drug-likeness (QED) is 0.337. The van der Waals surface area contributed by atoms with Crippen molar-refractivity contribution in [3.63, 3.8) is 0 Å². The van der Waals surface area contributed by atoms with Crippen LogP contribution in [0.25, 0.3) is 10.8 Å². The molecule has 0 fully saturated rings. The standard InChI is InChI=1S/C20H26Cl2O2/c1-3-12-24-20-17-11-6-5-10-16(17)19(14-18(20)22)23-13-8-7-9-15(21)4-2/h5-6,10-11,14-15H,3-4,7-9,12-13H2,1-2H3. The summed E-state index contributed by atoms with van der Waals surface area (Å²) >= 11 is 12.6. The topological polar surface area (TPSA) is 18.5 Å². The van der Waals surface area contributed by atoms with Crippen molar-refractivity contribution in [3.05, 3.63) is 35.4 Å². The minimum atomic E-state index is 0.273. The lowest BCUT2D eigenvalue weighted by Crippen LogP contribution is -2.02. The van der Waals surface area contributed by atoms with Gasteiger partial charge in [-0.1, -0.05) is 49.7 Å². The Bertz CT molecular complexity index is 643. The van der Waals surface area contributed by atoms with Crippen LogP contribution in [0.15, 0.2) is 30.3 Å². The maximum atomic E-state index is 6.42. The maximum Gasteiger partial charge on any atom is 0.145 e. The van der Waals surface area contributed by atoms with Gasteiger partial charge in [-0.15, -0.1) is 11.6 Å². The Morgan fingerprint density at radius 2 is 1.75 bits per heavy atom. The van der Waals surface area contributed by atoms with Gasteiger partial charge in [0.2, 0.25) is 0 Å². The molecule has 0 N–H and O–H groups in total. The number of hydrogen-bond donors (Lipinski definition) is 0. The fraction of sp³-hybridized carbons (Fsp3) is 0.500. The molecule has 2 aromatic carbocycles. The lowest BCUT2D eigenvalue weighted by Gasteiger charge is -2.15. The van der Waals surface area contributed by atoms with Gasteiger partial charge in [-0.2, -0.15) is 0 Å². The molecule has 2 rings (SSSR count). The van der Waals surface area contributed by atoms with Crippen molar-refractivity contribution < 1.29 is 9.47 Å². The highest BCUT2D eigenvalue weighted by molar-refractivity contribution is 6.33. The zero-order valence-electron chi connectivity index (χ0n) is 14.5. The molecule has 0 spiro atoms. The summed E-state index contributed by atoms with van der Waals surface area (Å²) in [5.41, 5.74) is 0. The monoisotopic (exact) mass is 368 g/mol. The highest BCUT2D eigenvalue weighted by atomic mass is 35.5. The number of ether oxygens (including phenoxy) is 2. The smallest absolute Gasteiger partial charge is 0.145 e. The predicted molar refractivity (Wildman–Crippen MR) is 104 cm³/mol. The summed E-state index contributed by atoms with van der Waals surface area (Å²) in [6.45, 7) is 5.52. The van der Waals surface area contributed by atoms with Crippen LogP contribution >= 0.6 is 23.2 Å². The molecule has 0 saturated carbocycles. The Hall–Kier alpha value is -1.12. The minimum absolute atomic E-state index is 0.273. The van der Waals surface area contributed by atoms with Crippen LogP contribution < -0.4 is 9.47 Å². The Kier molecular flexibility index (Phi) is 8.01. The summed E-state index contributed by atoms with van der Waals surface area (Å²) in [7, 11) is 0.